The number of hydrogen-bond donors (Lipinski definition) is 1. The van der Waals surface area contributed by atoms with Gasteiger partial charge in [-0.3, -0.25) is 9.36 Å². The minimum atomic E-state index is 0.0136. The number of carbonyl (C=O) groups is 1. The van der Waals surface area contributed by atoms with Crippen molar-refractivity contribution < 1.29 is 9.53 Å². The number of amides is 1. The lowest BCUT2D eigenvalue weighted by Crippen LogP contribution is -2.38. The van der Waals surface area contributed by atoms with Crippen LogP contribution in [0.4, 0.5) is 10.8 Å². The van der Waals surface area contributed by atoms with Crippen molar-refractivity contribution in [3.8, 4) is 10.9 Å². The third-order valence-electron chi connectivity index (χ3n) is 4.80. The van der Waals surface area contributed by atoms with Crippen LogP contribution >= 0.6 is 11.3 Å². The van der Waals surface area contributed by atoms with Gasteiger partial charge in [0.25, 0.3) is 0 Å². The molecule has 0 aliphatic carbocycles. The van der Waals surface area contributed by atoms with Gasteiger partial charge in [-0.05, 0) is 56.2 Å². The van der Waals surface area contributed by atoms with Crippen LogP contribution < -0.4 is 15.0 Å². The molecule has 0 radical (unpaired) electrons. The molecule has 2 aromatic heterocycles. The Morgan fingerprint density at radius 3 is 2.50 bits per heavy atom. The first-order chi connectivity index (χ1) is 13.7. The van der Waals surface area contributed by atoms with E-state index < -0.39 is 0 Å². The van der Waals surface area contributed by atoms with Gasteiger partial charge in [0.2, 0.25) is 16.2 Å². The number of anilines is 2. The number of nitrogens with zero attached hydrogens (tertiary/aromatic N) is 4. The van der Waals surface area contributed by atoms with E-state index in [1.165, 1.54) is 0 Å². The molecule has 1 N–H and O–H groups in total. The predicted molar refractivity (Wildman–Crippen MR) is 110 cm³/mol. The van der Waals surface area contributed by atoms with Crippen LogP contribution in [0.15, 0.2) is 48.8 Å². The summed E-state index contributed by atoms with van der Waals surface area (Å²) in [6, 6.07) is 11.4. The summed E-state index contributed by atoms with van der Waals surface area (Å²) in [5.74, 6) is 0.902. The third kappa shape index (κ3) is 4.17. The van der Waals surface area contributed by atoms with E-state index in [4.69, 9.17) is 4.74 Å². The lowest BCUT2D eigenvalue weighted by Gasteiger charge is -2.30. The molecule has 1 saturated heterocycles. The molecule has 3 aromatic rings. The third-order valence-corrected chi connectivity index (χ3v) is 5.80. The number of aromatic nitrogens is 3. The van der Waals surface area contributed by atoms with Gasteiger partial charge in [0.1, 0.15) is 5.75 Å². The van der Waals surface area contributed by atoms with Gasteiger partial charge in [-0.15, -0.1) is 10.2 Å². The van der Waals surface area contributed by atoms with Crippen molar-refractivity contribution in [2.24, 2.45) is 5.92 Å². The highest BCUT2D eigenvalue weighted by Gasteiger charge is 2.26. The fourth-order valence-electron chi connectivity index (χ4n) is 3.28. The second-order valence-electron chi connectivity index (χ2n) is 6.67. The number of piperidine rings is 1. The fourth-order valence-corrected chi connectivity index (χ4v) is 4.15. The normalized spacial score (nSPS) is 14.8. The highest BCUT2D eigenvalue weighted by Crippen LogP contribution is 2.28. The fraction of sp³-hybridized carbons (Fsp3) is 0.350. The van der Waals surface area contributed by atoms with Crippen LogP contribution in [0.5, 0.6) is 5.75 Å². The van der Waals surface area contributed by atoms with Crippen LogP contribution in [0.25, 0.3) is 5.13 Å². The number of nitrogens with one attached hydrogen (secondary N) is 1. The second kappa shape index (κ2) is 8.43. The standard InChI is InChI=1S/C20H23N5O2S/c1-2-27-17-7-5-16(6-8-17)21-18(26)15-9-13-25(14-10-15)20-23-22-19(28-20)24-11-3-4-12-24/h3-8,11-12,15H,2,9-10,13-14H2,1H3,(H,21,26). The first-order valence-electron chi connectivity index (χ1n) is 9.48. The monoisotopic (exact) mass is 397 g/mol. The van der Waals surface area contributed by atoms with Crippen LogP contribution in [0.1, 0.15) is 19.8 Å². The number of ether oxygens (including phenoxy) is 1. The van der Waals surface area contributed by atoms with E-state index in [1.54, 1.807) is 11.3 Å². The minimum absolute atomic E-state index is 0.0136. The summed E-state index contributed by atoms with van der Waals surface area (Å²) in [5, 5.41) is 13.4. The van der Waals surface area contributed by atoms with Gasteiger partial charge in [0, 0.05) is 37.1 Å². The quantitative estimate of drug-likeness (QED) is 0.688. The highest BCUT2D eigenvalue weighted by atomic mass is 32.1. The molecule has 8 heteroatoms. The molecule has 0 spiro atoms. The van der Waals surface area contributed by atoms with Crippen LogP contribution in [0.2, 0.25) is 0 Å². The zero-order valence-corrected chi connectivity index (χ0v) is 16.6. The zero-order valence-electron chi connectivity index (χ0n) is 15.7. The van der Waals surface area contributed by atoms with Gasteiger partial charge in [0.15, 0.2) is 0 Å². The van der Waals surface area contributed by atoms with E-state index in [2.05, 4.69) is 20.4 Å². The Labute approximate surface area is 168 Å². The maximum Gasteiger partial charge on any atom is 0.227 e. The summed E-state index contributed by atoms with van der Waals surface area (Å²) in [7, 11) is 0. The SMILES string of the molecule is CCOc1ccc(NC(=O)C2CCN(c3nnc(-n4cccc4)s3)CC2)cc1. The maximum atomic E-state index is 12.6. The van der Waals surface area contributed by atoms with Crippen molar-refractivity contribution in [2.45, 2.75) is 19.8 Å². The lowest BCUT2D eigenvalue weighted by atomic mass is 9.96. The summed E-state index contributed by atoms with van der Waals surface area (Å²) >= 11 is 1.57. The van der Waals surface area contributed by atoms with E-state index in [-0.39, 0.29) is 11.8 Å². The molecule has 1 aromatic carbocycles. The van der Waals surface area contributed by atoms with Crippen molar-refractivity contribution in [2.75, 3.05) is 29.9 Å². The average Bonchev–Trinajstić information content (AvgIpc) is 3.42. The zero-order chi connectivity index (χ0) is 19.3. The summed E-state index contributed by atoms with van der Waals surface area (Å²) in [6.45, 7) is 4.19. The predicted octanol–water partition coefficient (Wildman–Crippen LogP) is 3.58. The van der Waals surface area contributed by atoms with Crippen molar-refractivity contribution in [1.29, 1.82) is 0 Å². The second-order valence-corrected chi connectivity index (χ2v) is 7.60. The van der Waals surface area contributed by atoms with E-state index in [1.807, 2.05) is 60.3 Å². The largest absolute Gasteiger partial charge is 0.494 e. The Morgan fingerprint density at radius 2 is 1.82 bits per heavy atom. The number of rotatable bonds is 6. The highest BCUT2D eigenvalue weighted by molar-refractivity contribution is 7.17. The van der Waals surface area contributed by atoms with E-state index in [0.29, 0.717) is 6.61 Å². The minimum Gasteiger partial charge on any atom is -0.494 e. The Hall–Kier alpha value is -2.87. The first kappa shape index (κ1) is 18.5. The average molecular weight is 398 g/mol. The summed E-state index contributed by atoms with van der Waals surface area (Å²) in [5.41, 5.74) is 0.802. The first-order valence-corrected chi connectivity index (χ1v) is 10.3. The molecule has 0 saturated carbocycles. The van der Waals surface area contributed by atoms with Crippen molar-refractivity contribution >= 4 is 28.1 Å². The molecule has 1 amide bonds. The maximum absolute atomic E-state index is 12.6. The lowest BCUT2D eigenvalue weighted by molar-refractivity contribution is -0.120. The molecule has 1 fully saturated rings. The Kier molecular flexibility index (Phi) is 5.57. The van der Waals surface area contributed by atoms with E-state index >= 15 is 0 Å². The van der Waals surface area contributed by atoms with Gasteiger partial charge in [-0.1, -0.05) is 11.3 Å². The van der Waals surface area contributed by atoms with Crippen LogP contribution in [0.3, 0.4) is 0 Å². The van der Waals surface area contributed by atoms with Crippen LogP contribution in [-0.4, -0.2) is 40.4 Å². The molecule has 1 aliphatic heterocycles. The molecule has 7 nitrogen and oxygen atoms in total. The molecular weight excluding hydrogens is 374 g/mol. The molecule has 4 rings (SSSR count). The number of carbonyl (C=O) groups excluding carboxylic acids is 1. The smallest absolute Gasteiger partial charge is 0.227 e. The number of hydrogen-bond acceptors (Lipinski definition) is 6. The van der Waals surface area contributed by atoms with Gasteiger partial charge in [-0.2, -0.15) is 0 Å². The molecule has 146 valence electrons. The molecule has 3 heterocycles. The molecule has 0 bridgehead atoms. The molecule has 0 unspecified atom stereocenters. The van der Waals surface area contributed by atoms with Crippen LogP contribution in [-0.2, 0) is 4.79 Å². The molecule has 0 atom stereocenters. The number of benzene rings is 1. The molecular formula is C20H23N5O2S. The topological polar surface area (TPSA) is 72.3 Å². The van der Waals surface area contributed by atoms with Crippen molar-refractivity contribution in [3.05, 3.63) is 48.8 Å². The van der Waals surface area contributed by atoms with Gasteiger partial charge >= 0.3 is 0 Å². The summed E-state index contributed by atoms with van der Waals surface area (Å²) < 4.78 is 7.39. The van der Waals surface area contributed by atoms with Gasteiger partial charge in [-0.25, -0.2) is 0 Å². The van der Waals surface area contributed by atoms with Crippen molar-refractivity contribution in [3.63, 3.8) is 0 Å². The molecule has 1 aliphatic rings. The van der Waals surface area contributed by atoms with E-state index in [0.717, 1.165) is 47.6 Å². The molecule has 28 heavy (non-hydrogen) atoms. The Morgan fingerprint density at radius 1 is 1.14 bits per heavy atom. The van der Waals surface area contributed by atoms with Gasteiger partial charge < -0.3 is 15.0 Å². The summed E-state index contributed by atoms with van der Waals surface area (Å²) in [6.07, 6.45) is 5.53. The van der Waals surface area contributed by atoms with Crippen LogP contribution in [0, 0.1) is 5.92 Å². The van der Waals surface area contributed by atoms with Gasteiger partial charge in [0.05, 0.1) is 6.61 Å². The van der Waals surface area contributed by atoms with E-state index in [9.17, 15) is 4.79 Å². The Balaban J connectivity index is 1.30. The Bertz CT molecular complexity index is 899. The summed E-state index contributed by atoms with van der Waals surface area (Å²) in [4.78, 5) is 14.8. The van der Waals surface area contributed by atoms with Crippen molar-refractivity contribution in [1.82, 2.24) is 14.8 Å².